The van der Waals surface area contributed by atoms with Crippen molar-refractivity contribution in [2.45, 2.75) is 40.7 Å². The van der Waals surface area contributed by atoms with Gasteiger partial charge in [-0.25, -0.2) is 9.78 Å². The number of Topliss-reactive ketones (excluding diaryl/α,β-unsaturated/α-hetero) is 1. The monoisotopic (exact) mass is 497 g/mol. The quantitative estimate of drug-likeness (QED) is 0.361. The van der Waals surface area contributed by atoms with Crippen molar-refractivity contribution in [1.82, 2.24) is 9.55 Å². The second-order valence-corrected chi connectivity index (χ2v) is 9.83. The lowest BCUT2D eigenvalue weighted by Crippen LogP contribution is -2.38. The van der Waals surface area contributed by atoms with Crippen molar-refractivity contribution in [1.29, 1.82) is 0 Å². The van der Waals surface area contributed by atoms with E-state index in [0.29, 0.717) is 44.2 Å². The van der Waals surface area contributed by atoms with Gasteiger partial charge in [-0.05, 0) is 50.5 Å². The minimum atomic E-state index is -0.858. The average Bonchev–Trinajstić information content (AvgIpc) is 3.18. The van der Waals surface area contributed by atoms with E-state index in [0.717, 1.165) is 11.3 Å². The van der Waals surface area contributed by atoms with E-state index in [-0.39, 0.29) is 30.8 Å². The van der Waals surface area contributed by atoms with Gasteiger partial charge in [0, 0.05) is 12.1 Å². The van der Waals surface area contributed by atoms with Crippen LogP contribution >= 0.6 is 11.3 Å². The first kappa shape index (κ1) is 24.6. The van der Waals surface area contributed by atoms with Gasteiger partial charge in [0.15, 0.2) is 12.4 Å². The first-order chi connectivity index (χ1) is 16.6. The predicted molar refractivity (Wildman–Crippen MR) is 133 cm³/mol. The summed E-state index contributed by atoms with van der Waals surface area (Å²) in [4.78, 5) is 58.1. The molecule has 10 heteroatoms. The number of thiophene rings is 1. The Balaban J connectivity index is 1.68. The van der Waals surface area contributed by atoms with E-state index < -0.39 is 17.6 Å². The van der Waals surface area contributed by atoms with Crippen LogP contribution in [-0.2, 0) is 9.53 Å². The molecule has 0 aliphatic carbocycles. The van der Waals surface area contributed by atoms with Crippen LogP contribution in [0.25, 0.3) is 10.2 Å². The van der Waals surface area contributed by atoms with Crippen LogP contribution in [0.5, 0.6) is 5.75 Å². The molecule has 0 saturated carbocycles. The smallest absolute Gasteiger partial charge is 0.348 e. The SMILES string of the molecule is CCN1C(=O)COc2ccc(C(=O)C(C)n3cnc4sc(C(=O)OCC(C)C)c(C)c4c3=O)cc21. The van der Waals surface area contributed by atoms with E-state index in [4.69, 9.17) is 9.47 Å². The second-order valence-electron chi connectivity index (χ2n) is 8.84. The number of hydrogen-bond acceptors (Lipinski definition) is 8. The van der Waals surface area contributed by atoms with E-state index in [2.05, 4.69) is 4.98 Å². The van der Waals surface area contributed by atoms with Crippen molar-refractivity contribution in [2.75, 3.05) is 24.7 Å². The molecule has 0 saturated heterocycles. The highest BCUT2D eigenvalue weighted by Gasteiger charge is 2.28. The third kappa shape index (κ3) is 4.45. The molecule has 35 heavy (non-hydrogen) atoms. The molecule has 1 aliphatic heterocycles. The number of ketones is 1. The Morgan fingerprint density at radius 3 is 2.66 bits per heavy atom. The molecule has 1 aromatic carbocycles. The Kier molecular flexibility index (Phi) is 6.75. The Hall–Kier alpha value is -3.53. The van der Waals surface area contributed by atoms with E-state index >= 15 is 0 Å². The van der Waals surface area contributed by atoms with Crippen LogP contribution in [0, 0.1) is 12.8 Å². The van der Waals surface area contributed by atoms with Crippen LogP contribution < -0.4 is 15.2 Å². The van der Waals surface area contributed by atoms with Gasteiger partial charge in [-0.1, -0.05) is 13.8 Å². The zero-order valence-corrected chi connectivity index (χ0v) is 21.1. The van der Waals surface area contributed by atoms with Gasteiger partial charge in [0.25, 0.3) is 11.5 Å². The first-order valence-corrected chi connectivity index (χ1v) is 12.2. The van der Waals surface area contributed by atoms with Crippen molar-refractivity contribution in [3.63, 3.8) is 0 Å². The lowest BCUT2D eigenvalue weighted by Gasteiger charge is -2.28. The minimum absolute atomic E-state index is 0.0430. The van der Waals surface area contributed by atoms with Crippen LogP contribution in [0.2, 0.25) is 0 Å². The molecule has 4 rings (SSSR count). The van der Waals surface area contributed by atoms with Crippen LogP contribution in [-0.4, -0.2) is 47.0 Å². The summed E-state index contributed by atoms with van der Waals surface area (Å²) in [6.45, 7) is 9.72. The molecule has 0 radical (unpaired) electrons. The number of ether oxygens (including phenoxy) is 2. The average molecular weight is 498 g/mol. The van der Waals surface area contributed by atoms with Crippen molar-refractivity contribution in [3.8, 4) is 5.75 Å². The number of carbonyl (C=O) groups is 3. The number of aromatic nitrogens is 2. The summed E-state index contributed by atoms with van der Waals surface area (Å²) in [5.74, 6) is -0.260. The molecule has 2 aromatic heterocycles. The fourth-order valence-electron chi connectivity index (χ4n) is 3.99. The summed E-state index contributed by atoms with van der Waals surface area (Å²) in [5, 5.41) is 0.301. The van der Waals surface area contributed by atoms with Gasteiger partial charge in [-0.2, -0.15) is 0 Å². The Morgan fingerprint density at radius 1 is 1.23 bits per heavy atom. The molecular weight excluding hydrogens is 470 g/mol. The molecule has 1 unspecified atom stereocenters. The third-order valence-electron chi connectivity index (χ3n) is 5.91. The number of hydrogen-bond donors (Lipinski definition) is 0. The number of nitrogens with zero attached hydrogens (tertiary/aromatic N) is 3. The number of aryl methyl sites for hydroxylation is 1. The van der Waals surface area contributed by atoms with Gasteiger partial charge >= 0.3 is 5.97 Å². The minimum Gasteiger partial charge on any atom is -0.482 e. The van der Waals surface area contributed by atoms with Crippen LogP contribution in [0.4, 0.5) is 5.69 Å². The number of benzene rings is 1. The molecule has 0 bridgehead atoms. The topological polar surface area (TPSA) is 108 Å². The largest absolute Gasteiger partial charge is 0.482 e. The lowest BCUT2D eigenvalue weighted by atomic mass is 10.0. The number of anilines is 1. The fourth-order valence-corrected chi connectivity index (χ4v) is 5.02. The van der Waals surface area contributed by atoms with E-state index in [1.807, 2.05) is 20.8 Å². The second kappa shape index (κ2) is 9.61. The molecule has 3 heterocycles. The highest BCUT2D eigenvalue weighted by molar-refractivity contribution is 7.20. The Labute approximate surface area is 206 Å². The number of fused-ring (bicyclic) bond motifs is 2. The van der Waals surface area contributed by atoms with E-state index in [1.165, 1.54) is 10.9 Å². The summed E-state index contributed by atoms with van der Waals surface area (Å²) in [7, 11) is 0. The van der Waals surface area contributed by atoms with Crippen LogP contribution in [0.1, 0.15) is 59.3 Å². The molecule has 1 amide bonds. The molecule has 184 valence electrons. The van der Waals surface area contributed by atoms with Crippen molar-refractivity contribution >= 4 is 44.9 Å². The number of likely N-dealkylation sites (N-methyl/N-ethyl adjacent to an activating group) is 1. The summed E-state index contributed by atoms with van der Waals surface area (Å²) >= 11 is 1.11. The van der Waals surface area contributed by atoms with Gasteiger partial charge < -0.3 is 14.4 Å². The predicted octanol–water partition coefficient (Wildman–Crippen LogP) is 3.77. The van der Waals surface area contributed by atoms with Gasteiger partial charge in [0.05, 0.1) is 30.0 Å². The third-order valence-corrected chi connectivity index (χ3v) is 7.09. The van der Waals surface area contributed by atoms with Gasteiger partial charge in [-0.3, -0.25) is 19.0 Å². The Morgan fingerprint density at radius 2 is 1.97 bits per heavy atom. The molecule has 9 nitrogen and oxygen atoms in total. The van der Waals surface area contributed by atoms with E-state index in [1.54, 1.807) is 36.9 Å². The number of rotatable bonds is 7. The van der Waals surface area contributed by atoms with Crippen molar-refractivity contribution < 1.29 is 23.9 Å². The van der Waals surface area contributed by atoms with Gasteiger partial charge in [0.2, 0.25) is 0 Å². The molecule has 0 spiro atoms. The van der Waals surface area contributed by atoms with Crippen molar-refractivity contribution in [2.24, 2.45) is 5.92 Å². The molecular formula is C25H27N3O6S. The summed E-state index contributed by atoms with van der Waals surface area (Å²) in [5.41, 5.74) is 0.966. The van der Waals surface area contributed by atoms with Gasteiger partial charge in [-0.15, -0.1) is 11.3 Å². The fraction of sp³-hybridized carbons (Fsp3) is 0.400. The zero-order chi connectivity index (χ0) is 25.4. The number of amides is 1. The zero-order valence-electron chi connectivity index (χ0n) is 20.3. The van der Waals surface area contributed by atoms with Crippen LogP contribution in [0.3, 0.4) is 0 Å². The molecule has 0 fully saturated rings. The normalized spacial score (nSPS) is 14.1. The summed E-state index contributed by atoms with van der Waals surface area (Å²) in [6.07, 6.45) is 1.33. The maximum Gasteiger partial charge on any atom is 0.348 e. The van der Waals surface area contributed by atoms with Crippen molar-refractivity contribution in [3.05, 3.63) is 50.9 Å². The van der Waals surface area contributed by atoms with Crippen LogP contribution in [0.15, 0.2) is 29.3 Å². The standard InChI is InChI=1S/C25H27N3O6S/c1-6-27-17-9-16(7-8-18(17)33-11-19(27)29)21(30)15(5)28-12-26-23-20(24(28)31)14(4)22(35-23)25(32)34-10-13(2)3/h7-9,12-13,15H,6,10-11H2,1-5H3. The maximum atomic E-state index is 13.4. The summed E-state index contributed by atoms with van der Waals surface area (Å²) < 4.78 is 12.1. The first-order valence-electron chi connectivity index (χ1n) is 11.4. The van der Waals surface area contributed by atoms with Gasteiger partial charge in [0.1, 0.15) is 15.5 Å². The molecule has 0 N–H and O–H groups in total. The Bertz CT molecular complexity index is 1390. The molecule has 1 atom stereocenters. The highest BCUT2D eigenvalue weighted by atomic mass is 32.1. The lowest BCUT2D eigenvalue weighted by molar-refractivity contribution is -0.121. The van der Waals surface area contributed by atoms with E-state index in [9.17, 15) is 19.2 Å². The summed E-state index contributed by atoms with van der Waals surface area (Å²) in [6, 6.07) is 4.04. The maximum absolute atomic E-state index is 13.4. The molecule has 3 aromatic rings. The number of esters is 1. The number of carbonyl (C=O) groups excluding carboxylic acids is 3. The molecule has 1 aliphatic rings. The highest BCUT2D eigenvalue weighted by Crippen LogP contribution is 2.34.